The molecule has 0 aliphatic carbocycles. The number of carbonyl (C=O) groups excluding carboxylic acids is 2. The molecule has 2 aliphatic heterocycles. The number of benzene rings is 4. The van der Waals surface area contributed by atoms with Gasteiger partial charge in [-0.05, 0) is 51.5 Å². The molecule has 2 N–H and O–H groups in total. The lowest BCUT2D eigenvalue weighted by molar-refractivity contribution is -0.151. The lowest BCUT2D eigenvalue weighted by atomic mass is 9.78. The van der Waals surface area contributed by atoms with E-state index in [9.17, 15) is 19.5 Å². The molecule has 2 heterocycles. The fourth-order valence-electron chi connectivity index (χ4n) is 6.47. The molecule has 6 rings (SSSR count). The van der Waals surface area contributed by atoms with Gasteiger partial charge in [0.15, 0.2) is 0 Å². The summed E-state index contributed by atoms with van der Waals surface area (Å²) in [6.45, 7) is 0.111. The number of carboxylic acid groups (broad SMARTS) is 1. The summed E-state index contributed by atoms with van der Waals surface area (Å²) in [6, 6.07) is 30.9. The molecule has 4 aromatic carbocycles. The molecule has 0 radical (unpaired) electrons. The molecular weight excluding hydrogens is 544 g/mol. The number of amides is 2. The van der Waals surface area contributed by atoms with Crippen molar-refractivity contribution >= 4 is 52.5 Å². The molecule has 2 aliphatic rings. The quantitative estimate of drug-likeness (QED) is 0.187. The van der Waals surface area contributed by atoms with Gasteiger partial charge in [0, 0.05) is 6.04 Å². The minimum Gasteiger partial charge on any atom is -0.480 e. The van der Waals surface area contributed by atoms with Crippen LogP contribution in [0.3, 0.4) is 0 Å². The maximum Gasteiger partial charge on any atom is 0.324 e. The van der Waals surface area contributed by atoms with Gasteiger partial charge in [0.1, 0.15) is 5.54 Å². The van der Waals surface area contributed by atoms with Gasteiger partial charge in [-0.1, -0.05) is 109 Å². The van der Waals surface area contributed by atoms with Gasteiger partial charge >= 0.3 is 5.97 Å². The Morgan fingerprint density at radius 3 is 2.26 bits per heavy atom. The number of nitrogens with one attached hydrogen (secondary N) is 1. The summed E-state index contributed by atoms with van der Waals surface area (Å²) >= 11 is 1.53. The summed E-state index contributed by atoms with van der Waals surface area (Å²) in [5.74, 6) is -3.09. The van der Waals surface area contributed by atoms with Crippen LogP contribution < -0.4 is 5.32 Å². The van der Waals surface area contributed by atoms with Crippen LogP contribution in [-0.2, 0) is 20.9 Å². The van der Waals surface area contributed by atoms with Crippen LogP contribution >= 0.6 is 11.8 Å². The number of hydrogen-bond acceptors (Lipinski definition) is 5. The van der Waals surface area contributed by atoms with Gasteiger partial charge < -0.3 is 5.11 Å². The number of thioether (sulfide) groups is 1. The fourth-order valence-corrected chi connectivity index (χ4v) is 7.00. The van der Waals surface area contributed by atoms with Gasteiger partial charge in [-0.25, -0.2) is 0 Å². The number of likely N-dealkylation sites (tertiary alicyclic amines) is 1. The number of imide groups is 1. The Labute approximate surface area is 249 Å². The molecule has 2 amide bonds. The molecule has 0 spiro atoms. The van der Waals surface area contributed by atoms with E-state index < -0.39 is 35.3 Å². The number of nitrogens with zero attached hydrogens (tertiary/aromatic N) is 1. The number of rotatable bonds is 9. The highest BCUT2D eigenvalue weighted by atomic mass is 32.2. The molecule has 4 unspecified atom stereocenters. The lowest BCUT2D eigenvalue weighted by Crippen LogP contribution is -2.56. The number of aliphatic carboxylic acids is 1. The van der Waals surface area contributed by atoms with Gasteiger partial charge in [-0.15, -0.1) is 0 Å². The van der Waals surface area contributed by atoms with E-state index in [1.807, 2.05) is 115 Å². The molecule has 7 heteroatoms. The van der Waals surface area contributed by atoms with E-state index in [1.165, 1.54) is 16.7 Å². The van der Waals surface area contributed by atoms with Crippen molar-refractivity contribution in [1.82, 2.24) is 10.2 Å². The topological polar surface area (TPSA) is 86.7 Å². The summed E-state index contributed by atoms with van der Waals surface area (Å²) in [5, 5.41) is 15.9. The van der Waals surface area contributed by atoms with Crippen molar-refractivity contribution < 1.29 is 19.5 Å². The molecule has 42 heavy (non-hydrogen) atoms. The van der Waals surface area contributed by atoms with Crippen LogP contribution in [0.4, 0.5) is 0 Å². The van der Waals surface area contributed by atoms with E-state index >= 15 is 0 Å². The first-order valence-electron chi connectivity index (χ1n) is 14.1. The van der Waals surface area contributed by atoms with Crippen LogP contribution in [0.2, 0.25) is 0 Å². The monoisotopic (exact) mass is 576 g/mol. The Kier molecular flexibility index (Phi) is 7.71. The average molecular weight is 577 g/mol. The van der Waals surface area contributed by atoms with Gasteiger partial charge in [0.05, 0.1) is 18.4 Å². The van der Waals surface area contributed by atoms with E-state index in [4.69, 9.17) is 0 Å². The Hall–Kier alpha value is -4.20. The van der Waals surface area contributed by atoms with Crippen LogP contribution in [-0.4, -0.2) is 45.3 Å². The minimum absolute atomic E-state index is 0.111. The zero-order chi connectivity index (χ0) is 29.3. The van der Waals surface area contributed by atoms with E-state index in [0.717, 1.165) is 33.0 Å². The maximum absolute atomic E-state index is 14.1. The van der Waals surface area contributed by atoms with Crippen molar-refractivity contribution in [2.45, 2.75) is 24.5 Å². The predicted molar refractivity (Wildman–Crippen MR) is 168 cm³/mol. The van der Waals surface area contributed by atoms with Crippen molar-refractivity contribution in [3.63, 3.8) is 0 Å². The second-order valence-corrected chi connectivity index (χ2v) is 11.9. The number of hydrogen-bond donors (Lipinski definition) is 2. The summed E-state index contributed by atoms with van der Waals surface area (Å²) in [7, 11) is 0. The van der Waals surface area contributed by atoms with E-state index in [-0.39, 0.29) is 18.9 Å². The van der Waals surface area contributed by atoms with Crippen molar-refractivity contribution in [3.8, 4) is 0 Å². The Morgan fingerprint density at radius 1 is 0.881 bits per heavy atom. The third-order valence-electron chi connectivity index (χ3n) is 8.60. The van der Waals surface area contributed by atoms with Crippen LogP contribution in [0.5, 0.6) is 0 Å². The number of carboxylic acids is 1. The highest BCUT2D eigenvalue weighted by Gasteiger charge is 2.68. The Morgan fingerprint density at radius 2 is 1.55 bits per heavy atom. The molecule has 4 atom stereocenters. The van der Waals surface area contributed by atoms with Crippen molar-refractivity contribution in [3.05, 3.63) is 119 Å². The molecule has 2 saturated heterocycles. The summed E-state index contributed by atoms with van der Waals surface area (Å²) in [5.41, 5.74) is 2.18. The molecule has 6 nitrogen and oxygen atoms in total. The lowest BCUT2D eigenvalue weighted by Gasteiger charge is -2.31. The first kappa shape index (κ1) is 27.9. The zero-order valence-corrected chi connectivity index (χ0v) is 24.1. The van der Waals surface area contributed by atoms with Crippen molar-refractivity contribution in [2.24, 2.45) is 11.8 Å². The largest absolute Gasteiger partial charge is 0.480 e. The molecule has 0 aromatic heterocycles. The summed E-state index contributed by atoms with van der Waals surface area (Å²) in [4.78, 5) is 42.4. The zero-order valence-electron chi connectivity index (χ0n) is 23.3. The normalized spacial score (nSPS) is 23.6. The first-order valence-corrected chi connectivity index (χ1v) is 15.5. The summed E-state index contributed by atoms with van der Waals surface area (Å²) in [6.07, 6.45) is 6.19. The third-order valence-corrected chi connectivity index (χ3v) is 9.21. The van der Waals surface area contributed by atoms with Crippen molar-refractivity contribution in [2.75, 3.05) is 12.0 Å². The first-order chi connectivity index (χ1) is 20.4. The smallest absolute Gasteiger partial charge is 0.324 e. The number of fused-ring (bicyclic) bond motifs is 2. The van der Waals surface area contributed by atoms with Crippen molar-refractivity contribution in [1.29, 1.82) is 0 Å². The van der Waals surface area contributed by atoms with Crippen LogP contribution in [0, 0.1) is 11.8 Å². The fraction of sp³-hybridized carbons (Fsp3) is 0.229. The highest BCUT2D eigenvalue weighted by molar-refractivity contribution is 7.98. The van der Waals surface area contributed by atoms with Crippen LogP contribution in [0.25, 0.3) is 22.9 Å². The molecule has 2 fully saturated rings. The van der Waals surface area contributed by atoms with Crippen LogP contribution in [0.15, 0.2) is 97.1 Å². The van der Waals surface area contributed by atoms with E-state index in [1.54, 1.807) is 0 Å². The average Bonchev–Trinajstić information content (AvgIpc) is 3.50. The molecular formula is C35H32N2O4S. The summed E-state index contributed by atoms with van der Waals surface area (Å²) < 4.78 is 0. The number of carbonyl (C=O) groups is 3. The highest BCUT2D eigenvalue weighted by Crippen LogP contribution is 2.50. The minimum atomic E-state index is -1.54. The third kappa shape index (κ3) is 4.93. The van der Waals surface area contributed by atoms with E-state index in [2.05, 4.69) is 5.32 Å². The maximum atomic E-state index is 14.1. The van der Waals surface area contributed by atoms with Gasteiger partial charge in [-0.2, -0.15) is 11.8 Å². The molecule has 4 aromatic rings. The Balaban J connectivity index is 1.35. The SMILES string of the molecule is CSCCC1(C(=O)O)NC(c2ccc(C=Cc3ccccc3)cc2)C2C(=O)N(Cc3cccc4ccccc34)C(=O)C21. The standard InChI is InChI=1S/C35H32N2O4S/c1-42-21-20-35(34(40)41)30-29(31(36-35)26-18-16-24(17-19-26)15-14-23-8-3-2-4-9-23)32(38)37(33(30)39)22-27-12-7-11-25-10-5-6-13-28(25)27/h2-19,29-31,36H,20-22H2,1H3,(H,40,41). The second-order valence-electron chi connectivity index (χ2n) is 11.0. The van der Waals surface area contributed by atoms with Gasteiger partial charge in [0.25, 0.3) is 0 Å². The Bertz CT molecular complexity index is 1660. The second kappa shape index (κ2) is 11.6. The molecule has 0 bridgehead atoms. The predicted octanol–water partition coefficient (Wildman–Crippen LogP) is 6.03. The van der Waals surface area contributed by atoms with Crippen LogP contribution in [0.1, 0.15) is 34.7 Å². The molecule has 212 valence electrons. The van der Waals surface area contributed by atoms with E-state index in [0.29, 0.717) is 5.75 Å². The van der Waals surface area contributed by atoms with Gasteiger partial charge in [0.2, 0.25) is 11.8 Å². The molecule has 0 saturated carbocycles. The van der Waals surface area contributed by atoms with Gasteiger partial charge in [-0.3, -0.25) is 24.6 Å².